The van der Waals surface area contributed by atoms with Crippen molar-refractivity contribution in [3.8, 4) is 0 Å². The van der Waals surface area contributed by atoms with Gasteiger partial charge in [-0.15, -0.1) is 0 Å². The van der Waals surface area contributed by atoms with Crippen molar-refractivity contribution in [2.45, 2.75) is 32.6 Å². The first-order valence-electron chi connectivity index (χ1n) is 5.68. The minimum atomic E-state index is 0.212. The van der Waals surface area contributed by atoms with Crippen molar-refractivity contribution in [2.24, 2.45) is 11.8 Å². The number of pyridine rings is 1. The van der Waals surface area contributed by atoms with Crippen LogP contribution in [0, 0.1) is 11.8 Å². The van der Waals surface area contributed by atoms with E-state index in [2.05, 4.69) is 11.9 Å². The van der Waals surface area contributed by atoms with Gasteiger partial charge < -0.3 is 0 Å². The summed E-state index contributed by atoms with van der Waals surface area (Å²) in [4.78, 5) is 16.0. The number of rotatable bonds is 2. The van der Waals surface area contributed by atoms with Gasteiger partial charge in [0.05, 0.1) is 0 Å². The molecule has 1 aromatic rings. The molecule has 1 heterocycles. The normalized spacial score (nSPS) is 26.6. The highest BCUT2D eigenvalue weighted by Crippen LogP contribution is 2.27. The summed E-state index contributed by atoms with van der Waals surface area (Å²) < 4.78 is 0. The van der Waals surface area contributed by atoms with E-state index in [0.29, 0.717) is 11.7 Å². The van der Waals surface area contributed by atoms with Gasteiger partial charge in [0.1, 0.15) is 5.78 Å². The molecule has 0 aliphatic heterocycles. The maximum Gasteiger partial charge on any atom is 0.136 e. The van der Waals surface area contributed by atoms with Crippen LogP contribution in [0.15, 0.2) is 24.4 Å². The Morgan fingerprint density at radius 2 is 2.33 bits per heavy atom. The average molecular weight is 203 g/mol. The van der Waals surface area contributed by atoms with E-state index in [4.69, 9.17) is 0 Å². The zero-order valence-electron chi connectivity index (χ0n) is 9.15. The first kappa shape index (κ1) is 10.3. The van der Waals surface area contributed by atoms with E-state index >= 15 is 0 Å². The summed E-state index contributed by atoms with van der Waals surface area (Å²) in [5.74, 6) is 1.33. The number of Topliss-reactive ketones (excluding diaryl/α,β-unsaturated/α-hetero) is 1. The minimum absolute atomic E-state index is 0.212. The van der Waals surface area contributed by atoms with Gasteiger partial charge >= 0.3 is 0 Å². The molecule has 0 N–H and O–H groups in total. The maximum absolute atomic E-state index is 11.7. The van der Waals surface area contributed by atoms with Crippen molar-refractivity contribution in [3.05, 3.63) is 30.1 Å². The molecule has 2 atom stereocenters. The first-order valence-corrected chi connectivity index (χ1v) is 5.68. The summed E-state index contributed by atoms with van der Waals surface area (Å²) >= 11 is 0. The molecule has 1 fully saturated rings. The lowest BCUT2D eigenvalue weighted by atomic mass is 9.79. The Morgan fingerprint density at radius 1 is 1.47 bits per heavy atom. The number of aromatic nitrogens is 1. The highest BCUT2D eigenvalue weighted by atomic mass is 16.1. The Bertz CT molecular complexity index is 334. The quantitative estimate of drug-likeness (QED) is 0.739. The number of nitrogens with zero attached hydrogens (tertiary/aromatic N) is 1. The molecule has 0 amide bonds. The van der Waals surface area contributed by atoms with Crippen molar-refractivity contribution >= 4 is 5.78 Å². The van der Waals surface area contributed by atoms with Gasteiger partial charge in [-0.25, -0.2) is 0 Å². The Kier molecular flexibility index (Phi) is 3.14. The molecule has 0 aromatic carbocycles. The molecule has 1 aliphatic rings. The Labute approximate surface area is 90.7 Å². The highest BCUT2D eigenvalue weighted by molar-refractivity contribution is 5.81. The third kappa shape index (κ3) is 2.65. The van der Waals surface area contributed by atoms with E-state index in [-0.39, 0.29) is 5.92 Å². The van der Waals surface area contributed by atoms with Gasteiger partial charge in [0.25, 0.3) is 0 Å². The van der Waals surface area contributed by atoms with Crippen molar-refractivity contribution < 1.29 is 4.79 Å². The number of hydrogen-bond donors (Lipinski definition) is 0. The number of carbonyl (C=O) groups is 1. The van der Waals surface area contributed by atoms with Crippen LogP contribution in [-0.2, 0) is 11.2 Å². The second kappa shape index (κ2) is 4.56. The van der Waals surface area contributed by atoms with Crippen LogP contribution in [-0.4, -0.2) is 10.8 Å². The molecule has 0 radical (unpaired) electrons. The fraction of sp³-hybridized carbons (Fsp3) is 0.538. The molecule has 80 valence electrons. The summed E-state index contributed by atoms with van der Waals surface area (Å²) in [6.45, 7) is 2.23. The Hall–Kier alpha value is -1.18. The van der Waals surface area contributed by atoms with Gasteiger partial charge in [-0.1, -0.05) is 13.0 Å². The summed E-state index contributed by atoms with van der Waals surface area (Å²) in [5, 5.41) is 0. The van der Waals surface area contributed by atoms with E-state index < -0.39 is 0 Å². The Balaban J connectivity index is 2.01. The SMILES string of the molecule is C[C@H]1CCC(=O)[C@@H](Cc2ccccn2)C1. The lowest BCUT2D eigenvalue weighted by Gasteiger charge is -2.25. The molecule has 0 saturated heterocycles. The van der Waals surface area contributed by atoms with Crippen molar-refractivity contribution in [3.63, 3.8) is 0 Å². The minimum Gasteiger partial charge on any atom is -0.299 e. The van der Waals surface area contributed by atoms with E-state index in [1.54, 1.807) is 6.20 Å². The second-order valence-corrected chi connectivity index (χ2v) is 4.57. The van der Waals surface area contributed by atoms with E-state index in [9.17, 15) is 4.79 Å². The number of hydrogen-bond acceptors (Lipinski definition) is 2. The molecular weight excluding hydrogens is 186 g/mol. The summed E-state index contributed by atoms with van der Waals surface area (Å²) in [5.41, 5.74) is 1.05. The molecule has 0 bridgehead atoms. The molecule has 15 heavy (non-hydrogen) atoms. The number of carbonyl (C=O) groups excluding carboxylic acids is 1. The lowest BCUT2D eigenvalue weighted by Crippen LogP contribution is -2.25. The van der Waals surface area contributed by atoms with Gasteiger partial charge in [-0.3, -0.25) is 9.78 Å². The van der Waals surface area contributed by atoms with E-state index in [0.717, 1.165) is 31.4 Å². The van der Waals surface area contributed by atoms with Gasteiger partial charge in [0.2, 0.25) is 0 Å². The van der Waals surface area contributed by atoms with Gasteiger partial charge in [0.15, 0.2) is 0 Å². The molecule has 1 saturated carbocycles. The van der Waals surface area contributed by atoms with Crippen molar-refractivity contribution in [2.75, 3.05) is 0 Å². The third-order valence-corrected chi connectivity index (χ3v) is 3.21. The molecule has 2 heteroatoms. The molecule has 2 nitrogen and oxygen atoms in total. The van der Waals surface area contributed by atoms with Crippen LogP contribution in [0.25, 0.3) is 0 Å². The smallest absolute Gasteiger partial charge is 0.136 e. The van der Waals surface area contributed by atoms with Crippen LogP contribution in [0.4, 0.5) is 0 Å². The predicted molar refractivity (Wildman–Crippen MR) is 59.5 cm³/mol. The summed E-state index contributed by atoms with van der Waals surface area (Å²) in [6.07, 6.45) is 5.49. The van der Waals surface area contributed by atoms with Crippen molar-refractivity contribution in [1.29, 1.82) is 0 Å². The van der Waals surface area contributed by atoms with Crippen molar-refractivity contribution in [1.82, 2.24) is 4.98 Å². The highest BCUT2D eigenvalue weighted by Gasteiger charge is 2.26. The monoisotopic (exact) mass is 203 g/mol. The van der Waals surface area contributed by atoms with Crippen LogP contribution < -0.4 is 0 Å². The molecule has 1 aliphatic carbocycles. The fourth-order valence-electron chi connectivity index (χ4n) is 2.30. The van der Waals surface area contributed by atoms with Gasteiger partial charge in [0, 0.05) is 24.2 Å². The van der Waals surface area contributed by atoms with Crippen LogP contribution in [0.2, 0.25) is 0 Å². The van der Waals surface area contributed by atoms with Crippen LogP contribution in [0.1, 0.15) is 31.9 Å². The van der Waals surface area contributed by atoms with Gasteiger partial charge in [-0.2, -0.15) is 0 Å². The standard InChI is InChI=1S/C13H17NO/c1-10-5-6-13(15)11(8-10)9-12-4-2-3-7-14-12/h2-4,7,10-11H,5-6,8-9H2,1H3/t10-,11+/m0/s1. The molecule has 1 aromatic heterocycles. The predicted octanol–water partition coefficient (Wildman–Crippen LogP) is 2.63. The molecular formula is C13H17NO. The lowest BCUT2D eigenvalue weighted by molar-refractivity contribution is -0.125. The fourth-order valence-corrected chi connectivity index (χ4v) is 2.30. The second-order valence-electron chi connectivity index (χ2n) is 4.57. The first-order chi connectivity index (χ1) is 7.25. The zero-order chi connectivity index (χ0) is 10.7. The van der Waals surface area contributed by atoms with E-state index in [1.807, 2.05) is 18.2 Å². The van der Waals surface area contributed by atoms with Crippen LogP contribution in [0.5, 0.6) is 0 Å². The zero-order valence-corrected chi connectivity index (χ0v) is 9.15. The molecule has 2 rings (SSSR count). The van der Waals surface area contributed by atoms with E-state index in [1.165, 1.54) is 0 Å². The number of ketones is 1. The average Bonchev–Trinajstić information content (AvgIpc) is 2.25. The largest absolute Gasteiger partial charge is 0.299 e. The maximum atomic E-state index is 11.7. The summed E-state index contributed by atoms with van der Waals surface area (Å²) in [6, 6.07) is 5.90. The molecule has 0 unspecified atom stereocenters. The third-order valence-electron chi connectivity index (χ3n) is 3.21. The molecule has 0 spiro atoms. The topological polar surface area (TPSA) is 30.0 Å². The van der Waals surface area contributed by atoms with Crippen LogP contribution >= 0.6 is 0 Å². The summed E-state index contributed by atoms with van der Waals surface area (Å²) in [7, 11) is 0. The van der Waals surface area contributed by atoms with Gasteiger partial charge in [-0.05, 0) is 37.3 Å². The Morgan fingerprint density at radius 3 is 3.07 bits per heavy atom. The van der Waals surface area contributed by atoms with Crippen LogP contribution in [0.3, 0.4) is 0 Å².